The van der Waals surface area contributed by atoms with Crippen LogP contribution >= 0.6 is 23.1 Å². The predicted octanol–water partition coefficient (Wildman–Crippen LogP) is 6.33. The molecular formula is C30H35N3O5S3. The minimum absolute atomic E-state index is 0.0326. The number of rotatable bonds is 16. The first-order chi connectivity index (χ1) is 19.9. The van der Waals surface area contributed by atoms with E-state index in [0.29, 0.717) is 17.9 Å². The van der Waals surface area contributed by atoms with Gasteiger partial charge in [0.2, 0.25) is 10.0 Å². The van der Waals surface area contributed by atoms with Crippen molar-refractivity contribution in [3.8, 4) is 5.75 Å². The van der Waals surface area contributed by atoms with E-state index < -0.39 is 22.0 Å². The minimum atomic E-state index is -4.07. The molecule has 0 fully saturated rings. The van der Waals surface area contributed by atoms with Gasteiger partial charge in [-0.1, -0.05) is 86.8 Å². The molecule has 1 heterocycles. The fourth-order valence-corrected chi connectivity index (χ4v) is 7.67. The maximum atomic E-state index is 13.3. The van der Waals surface area contributed by atoms with Crippen LogP contribution in [0.2, 0.25) is 0 Å². The Morgan fingerprint density at radius 1 is 1.00 bits per heavy atom. The Hall–Kier alpha value is -2.96. The molecule has 1 atom stereocenters. The Balaban J connectivity index is 1.39. The Morgan fingerprint density at radius 3 is 2.49 bits per heavy atom. The molecule has 0 aliphatic carbocycles. The third-order valence-electron chi connectivity index (χ3n) is 6.46. The number of thioether (sulfide) groups is 1. The molecule has 8 nitrogen and oxygen atoms in total. The Labute approximate surface area is 249 Å². The number of carbonyl (C=O) groups excluding carboxylic acids is 1. The Kier molecular flexibility index (Phi) is 11.6. The number of hydrogen-bond acceptors (Lipinski definition) is 8. The molecule has 11 heteroatoms. The summed E-state index contributed by atoms with van der Waals surface area (Å²) in [5.74, 6) is 0.775. The number of carbonyl (C=O) groups is 1. The highest BCUT2D eigenvalue weighted by Crippen LogP contribution is 2.32. The van der Waals surface area contributed by atoms with Crippen molar-refractivity contribution < 1.29 is 23.2 Å². The number of nitrogens with one attached hydrogen (secondary N) is 2. The van der Waals surface area contributed by atoms with Crippen LogP contribution in [0, 0.1) is 0 Å². The van der Waals surface area contributed by atoms with E-state index in [1.165, 1.54) is 43.1 Å². The normalized spacial score (nSPS) is 12.3. The van der Waals surface area contributed by atoms with E-state index >= 15 is 0 Å². The molecule has 3 N–H and O–H groups in total. The van der Waals surface area contributed by atoms with Crippen molar-refractivity contribution >= 4 is 49.2 Å². The molecule has 0 bridgehead atoms. The molecule has 4 rings (SSSR count). The smallest absolute Gasteiger partial charge is 0.261 e. The van der Waals surface area contributed by atoms with Crippen molar-refractivity contribution in [2.45, 2.75) is 67.3 Å². The third-order valence-corrected chi connectivity index (χ3v) is 10.2. The average Bonchev–Trinajstić information content (AvgIpc) is 3.40. The quantitative estimate of drug-likeness (QED) is 0.0585. The van der Waals surface area contributed by atoms with Gasteiger partial charge in [0.25, 0.3) is 5.91 Å². The second-order valence-electron chi connectivity index (χ2n) is 9.64. The predicted molar refractivity (Wildman–Crippen MR) is 164 cm³/mol. The SMILES string of the molecule is CCCCCCCSc1nc2ccc(S(=O)(=O)N[C@H](Cc3ccc(OCc4ccccc4)cc3)C(=O)NO)cc2s1. The van der Waals surface area contributed by atoms with E-state index in [4.69, 9.17) is 4.74 Å². The van der Waals surface area contributed by atoms with E-state index in [0.717, 1.165) is 32.3 Å². The number of unbranched alkanes of at least 4 members (excludes halogenated alkanes) is 4. The van der Waals surface area contributed by atoms with Gasteiger partial charge in [0, 0.05) is 5.75 Å². The van der Waals surface area contributed by atoms with Crippen molar-refractivity contribution in [1.82, 2.24) is 15.2 Å². The molecule has 0 aliphatic heterocycles. The van der Waals surface area contributed by atoms with Gasteiger partial charge in [0.05, 0.1) is 15.1 Å². The molecule has 0 saturated heterocycles. The van der Waals surface area contributed by atoms with E-state index in [-0.39, 0.29) is 11.3 Å². The number of fused-ring (bicyclic) bond motifs is 1. The molecule has 0 aliphatic rings. The molecule has 1 amide bonds. The lowest BCUT2D eigenvalue weighted by molar-refractivity contribution is -0.130. The van der Waals surface area contributed by atoms with Gasteiger partial charge < -0.3 is 4.74 Å². The number of hydrogen-bond donors (Lipinski definition) is 3. The van der Waals surface area contributed by atoms with Crippen molar-refractivity contribution in [2.75, 3.05) is 5.75 Å². The number of nitrogens with zero attached hydrogens (tertiary/aromatic N) is 1. The molecule has 218 valence electrons. The highest BCUT2D eigenvalue weighted by atomic mass is 32.2. The summed E-state index contributed by atoms with van der Waals surface area (Å²) >= 11 is 3.15. The highest BCUT2D eigenvalue weighted by molar-refractivity contribution is 8.01. The van der Waals surface area contributed by atoms with Crippen molar-refractivity contribution in [3.05, 3.63) is 83.9 Å². The number of ether oxygens (including phenoxy) is 1. The van der Waals surface area contributed by atoms with E-state index in [2.05, 4.69) is 16.6 Å². The summed E-state index contributed by atoms with van der Waals surface area (Å²) in [6.07, 6.45) is 6.08. The summed E-state index contributed by atoms with van der Waals surface area (Å²) in [6.45, 7) is 2.61. The fraction of sp³-hybridized carbons (Fsp3) is 0.333. The van der Waals surface area contributed by atoms with Crippen LogP contribution in [0.4, 0.5) is 0 Å². The first-order valence-corrected chi connectivity index (χ1v) is 16.9. The van der Waals surface area contributed by atoms with Crippen LogP contribution in [-0.2, 0) is 27.8 Å². The van der Waals surface area contributed by atoms with Crippen LogP contribution in [0.1, 0.15) is 50.2 Å². The van der Waals surface area contributed by atoms with E-state index in [9.17, 15) is 18.4 Å². The molecule has 0 spiro atoms. The van der Waals surface area contributed by atoms with Gasteiger partial charge in [-0.25, -0.2) is 18.9 Å². The summed E-state index contributed by atoms with van der Waals surface area (Å²) in [5.41, 5.74) is 4.05. The largest absolute Gasteiger partial charge is 0.489 e. The number of thiazole rings is 1. The lowest BCUT2D eigenvalue weighted by Crippen LogP contribution is -2.47. The zero-order valence-electron chi connectivity index (χ0n) is 22.9. The Bertz CT molecular complexity index is 1510. The standard InChI is InChI=1S/C30H35N3O5S3/c1-2-3-4-5-9-18-39-30-31-26-17-16-25(20-28(26)40-30)41(36,37)33-27(29(34)32-35)19-22-12-14-24(15-13-22)38-21-23-10-7-6-8-11-23/h6-8,10-17,20,27,33,35H,2-5,9,18-19,21H2,1H3,(H,32,34)/t27-/m1/s1. The van der Waals surface area contributed by atoms with Gasteiger partial charge in [0.15, 0.2) is 4.34 Å². The van der Waals surface area contributed by atoms with Gasteiger partial charge >= 0.3 is 0 Å². The van der Waals surface area contributed by atoms with Crippen LogP contribution < -0.4 is 14.9 Å². The number of benzene rings is 3. The maximum Gasteiger partial charge on any atom is 0.261 e. The summed E-state index contributed by atoms with van der Waals surface area (Å²) in [4.78, 5) is 17.1. The average molecular weight is 614 g/mol. The first kappa shape index (κ1) is 31.0. The molecular weight excluding hydrogens is 579 g/mol. The van der Waals surface area contributed by atoms with Gasteiger partial charge in [-0.2, -0.15) is 4.72 Å². The number of hydroxylamine groups is 1. The molecule has 0 saturated carbocycles. The number of sulfonamides is 1. The zero-order chi connectivity index (χ0) is 29.1. The maximum absolute atomic E-state index is 13.3. The lowest BCUT2D eigenvalue weighted by atomic mass is 10.1. The molecule has 1 aromatic heterocycles. The molecule has 4 aromatic rings. The highest BCUT2D eigenvalue weighted by Gasteiger charge is 2.26. The molecule has 0 unspecified atom stereocenters. The topological polar surface area (TPSA) is 118 Å². The van der Waals surface area contributed by atoms with Gasteiger partial charge in [-0.3, -0.25) is 10.0 Å². The second kappa shape index (κ2) is 15.3. The first-order valence-electron chi connectivity index (χ1n) is 13.6. The van der Waals surface area contributed by atoms with Crippen LogP contribution in [0.25, 0.3) is 10.2 Å². The van der Waals surface area contributed by atoms with Crippen LogP contribution in [0.5, 0.6) is 5.75 Å². The van der Waals surface area contributed by atoms with Gasteiger partial charge in [-0.15, -0.1) is 11.3 Å². The van der Waals surface area contributed by atoms with Gasteiger partial charge in [0.1, 0.15) is 18.4 Å². The fourth-order valence-electron chi connectivity index (χ4n) is 4.20. The summed E-state index contributed by atoms with van der Waals surface area (Å²) in [6, 6.07) is 20.3. The third kappa shape index (κ3) is 9.27. The monoisotopic (exact) mass is 613 g/mol. The zero-order valence-corrected chi connectivity index (χ0v) is 25.4. The summed E-state index contributed by atoms with van der Waals surface area (Å²) < 4.78 is 36.4. The summed E-state index contributed by atoms with van der Waals surface area (Å²) in [5, 5.41) is 9.28. The van der Waals surface area contributed by atoms with E-state index in [1.807, 2.05) is 30.3 Å². The van der Waals surface area contributed by atoms with Crippen LogP contribution in [-0.4, -0.2) is 36.3 Å². The number of aromatic nitrogens is 1. The molecule has 41 heavy (non-hydrogen) atoms. The number of amides is 1. The van der Waals surface area contributed by atoms with Gasteiger partial charge in [-0.05, 0) is 54.3 Å². The Morgan fingerprint density at radius 2 is 1.76 bits per heavy atom. The van der Waals surface area contributed by atoms with Crippen molar-refractivity contribution in [3.63, 3.8) is 0 Å². The second-order valence-corrected chi connectivity index (χ2v) is 13.7. The minimum Gasteiger partial charge on any atom is -0.489 e. The van der Waals surface area contributed by atoms with Crippen molar-refractivity contribution in [2.24, 2.45) is 0 Å². The van der Waals surface area contributed by atoms with Crippen molar-refractivity contribution in [1.29, 1.82) is 0 Å². The molecule has 3 aromatic carbocycles. The van der Waals surface area contributed by atoms with Crippen LogP contribution in [0.3, 0.4) is 0 Å². The van der Waals surface area contributed by atoms with E-state index in [1.54, 1.807) is 53.6 Å². The molecule has 0 radical (unpaired) electrons. The lowest BCUT2D eigenvalue weighted by Gasteiger charge is -2.17. The summed E-state index contributed by atoms with van der Waals surface area (Å²) in [7, 11) is -4.07. The van der Waals surface area contributed by atoms with Crippen LogP contribution in [0.15, 0.2) is 82.0 Å².